The van der Waals surface area contributed by atoms with Crippen molar-refractivity contribution in [3.63, 3.8) is 0 Å². The number of benzene rings is 1. The highest BCUT2D eigenvalue weighted by Gasteiger charge is 2.15. The molecule has 6 heteroatoms. The Morgan fingerprint density at radius 1 is 1.30 bits per heavy atom. The summed E-state index contributed by atoms with van der Waals surface area (Å²) in [7, 11) is 7.66. The van der Waals surface area contributed by atoms with Gasteiger partial charge in [-0.3, -0.25) is 4.99 Å². The van der Waals surface area contributed by atoms with Crippen molar-refractivity contribution in [2.45, 2.75) is 25.8 Å². The summed E-state index contributed by atoms with van der Waals surface area (Å²) in [6, 6.07) is 8.45. The molecule has 0 aromatic heterocycles. The Kier molecular flexibility index (Phi) is 11.9. The van der Waals surface area contributed by atoms with Crippen LogP contribution in [0, 0.1) is 0 Å². The third kappa shape index (κ3) is 7.87. The standard InChI is InChI=1S/C17H30N4O.HI/c1-6-7-11-19-17(18-2)20-13-16(21(3)4)14-9-8-10-15(12-14)22-5;/h8-10,12,16H,6-7,11,13H2,1-5H3,(H2,18,19,20);1H. The van der Waals surface area contributed by atoms with Crippen LogP contribution in [0.3, 0.4) is 0 Å². The summed E-state index contributed by atoms with van der Waals surface area (Å²) in [6.45, 7) is 3.91. The molecule has 1 aromatic rings. The van der Waals surface area contributed by atoms with E-state index in [1.165, 1.54) is 12.0 Å². The molecule has 0 bridgehead atoms. The van der Waals surface area contributed by atoms with Gasteiger partial charge in [0.05, 0.1) is 13.2 Å². The SMILES string of the molecule is CCCCNC(=NC)NCC(c1cccc(OC)c1)N(C)C.I. The van der Waals surface area contributed by atoms with Crippen molar-refractivity contribution in [3.8, 4) is 5.75 Å². The Morgan fingerprint density at radius 2 is 2.04 bits per heavy atom. The molecule has 1 aromatic carbocycles. The first-order valence-electron chi connectivity index (χ1n) is 7.87. The zero-order valence-corrected chi connectivity index (χ0v) is 17.3. The van der Waals surface area contributed by atoms with E-state index in [2.05, 4.69) is 53.7 Å². The first-order valence-corrected chi connectivity index (χ1v) is 7.87. The molecule has 0 amide bonds. The van der Waals surface area contributed by atoms with Gasteiger partial charge in [0.25, 0.3) is 0 Å². The molecular weight excluding hydrogens is 403 g/mol. The predicted octanol–water partition coefficient (Wildman–Crippen LogP) is 2.88. The Balaban J connectivity index is 0.00000484. The highest BCUT2D eigenvalue weighted by molar-refractivity contribution is 14.0. The summed E-state index contributed by atoms with van der Waals surface area (Å²) >= 11 is 0. The number of halogens is 1. The van der Waals surface area contributed by atoms with Crippen molar-refractivity contribution in [3.05, 3.63) is 29.8 Å². The minimum absolute atomic E-state index is 0. The van der Waals surface area contributed by atoms with Crippen LogP contribution in [0.5, 0.6) is 5.75 Å². The third-order valence-corrected chi connectivity index (χ3v) is 3.61. The highest BCUT2D eigenvalue weighted by Crippen LogP contribution is 2.21. The summed E-state index contributed by atoms with van der Waals surface area (Å²) in [5.41, 5.74) is 1.22. The van der Waals surface area contributed by atoms with Gasteiger partial charge < -0.3 is 20.3 Å². The third-order valence-electron chi connectivity index (χ3n) is 3.61. The van der Waals surface area contributed by atoms with Gasteiger partial charge in [-0.25, -0.2) is 0 Å². The number of unbranched alkanes of at least 4 members (excludes halogenated alkanes) is 1. The second-order valence-corrected chi connectivity index (χ2v) is 5.49. The normalized spacial score (nSPS) is 12.5. The lowest BCUT2D eigenvalue weighted by Crippen LogP contribution is -2.42. The van der Waals surface area contributed by atoms with Crippen molar-refractivity contribution in [1.29, 1.82) is 0 Å². The molecular formula is C17H31IN4O. The van der Waals surface area contributed by atoms with Crippen LogP contribution in [0.15, 0.2) is 29.3 Å². The minimum atomic E-state index is 0. The van der Waals surface area contributed by atoms with Crippen molar-refractivity contribution in [2.75, 3.05) is 41.3 Å². The molecule has 132 valence electrons. The Labute approximate surface area is 157 Å². The monoisotopic (exact) mass is 434 g/mol. The van der Waals surface area contributed by atoms with E-state index in [4.69, 9.17) is 4.74 Å². The van der Waals surface area contributed by atoms with Crippen molar-refractivity contribution < 1.29 is 4.74 Å². The Hall–Kier alpha value is -1.02. The summed E-state index contributed by atoms with van der Waals surface area (Å²) < 4.78 is 5.32. The zero-order chi connectivity index (χ0) is 16.4. The van der Waals surface area contributed by atoms with E-state index in [9.17, 15) is 0 Å². The fraction of sp³-hybridized carbons (Fsp3) is 0.588. The van der Waals surface area contributed by atoms with E-state index in [1.807, 2.05) is 12.1 Å². The van der Waals surface area contributed by atoms with E-state index in [0.29, 0.717) is 0 Å². The van der Waals surface area contributed by atoms with Crippen LogP contribution < -0.4 is 15.4 Å². The van der Waals surface area contributed by atoms with Gasteiger partial charge in [-0.05, 0) is 38.2 Å². The number of rotatable bonds is 8. The first-order chi connectivity index (χ1) is 10.6. The molecule has 1 atom stereocenters. The maximum atomic E-state index is 5.32. The fourth-order valence-corrected chi connectivity index (χ4v) is 2.24. The molecule has 0 aliphatic rings. The molecule has 1 rings (SSSR count). The van der Waals surface area contributed by atoms with Crippen LogP contribution in [-0.4, -0.2) is 52.2 Å². The van der Waals surface area contributed by atoms with Gasteiger partial charge in [0.2, 0.25) is 0 Å². The summed E-state index contributed by atoms with van der Waals surface area (Å²) in [5.74, 6) is 1.73. The predicted molar refractivity (Wildman–Crippen MR) is 109 cm³/mol. The van der Waals surface area contributed by atoms with Crippen molar-refractivity contribution in [2.24, 2.45) is 4.99 Å². The van der Waals surface area contributed by atoms with Gasteiger partial charge in [-0.1, -0.05) is 25.5 Å². The van der Waals surface area contributed by atoms with Crippen LogP contribution in [0.1, 0.15) is 31.4 Å². The smallest absolute Gasteiger partial charge is 0.191 e. The Bertz CT molecular complexity index is 466. The van der Waals surface area contributed by atoms with E-state index >= 15 is 0 Å². The lowest BCUT2D eigenvalue weighted by Gasteiger charge is -2.26. The van der Waals surface area contributed by atoms with E-state index in [1.54, 1.807) is 14.2 Å². The largest absolute Gasteiger partial charge is 0.497 e. The molecule has 0 radical (unpaired) electrons. The fourth-order valence-electron chi connectivity index (χ4n) is 2.24. The van der Waals surface area contributed by atoms with Gasteiger partial charge in [0.1, 0.15) is 5.75 Å². The summed E-state index contributed by atoms with van der Waals surface area (Å²) in [6.07, 6.45) is 2.32. The molecule has 0 heterocycles. The van der Waals surface area contributed by atoms with Gasteiger partial charge in [-0.2, -0.15) is 0 Å². The lowest BCUT2D eigenvalue weighted by molar-refractivity contribution is 0.297. The number of likely N-dealkylation sites (N-methyl/N-ethyl adjacent to an activating group) is 1. The molecule has 0 fully saturated rings. The van der Waals surface area contributed by atoms with Crippen LogP contribution in [-0.2, 0) is 0 Å². The van der Waals surface area contributed by atoms with Crippen LogP contribution >= 0.6 is 24.0 Å². The van der Waals surface area contributed by atoms with Crippen LogP contribution in [0.25, 0.3) is 0 Å². The number of methoxy groups -OCH3 is 1. The minimum Gasteiger partial charge on any atom is -0.497 e. The molecule has 2 N–H and O–H groups in total. The maximum Gasteiger partial charge on any atom is 0.191 e. The van der Waals surface area contributed by atoms with Gasteiger partial charge in [0, 0.05) is 20.1 Å². The average molecular weight is 434 g/mol. The number of nitrogens with zero attached hydrogens (tertiary/aromatic N) is 2. The molecule has 5 nitrogen and oxygen atoms in total. The quantitative estimate of drug-likeness (QED) is 0.286. The number of hydrogen-bond acceptors (Lipinski definition) is 3. The first kappa shape index (κ1) is 22.0. The molecule has 1 unspecified atom stereocenters. The zero-order valence-electron chi connectivity index (χ0n) is 14.9. The van der Waals surface area contributed by atoms with E-state index in [-0.39, 0.29) is 30.0 Å². The number of guanidine groups is 1. The lowest BCUT2D eigenvalue weighted by atomic mass is 10.1. The number of hydrogen-bond donors (Lipinski definition) is 2. The molecule has 0 spiro atoms. The second kappa shape index (κ2) is 12.4. The average Bonchev–Trinajstić information content (AvgIpc) is 2.53. The second-order valence-electron chi connectivity index (χ2n) is 5.49. The number of aliphatic imine (C=N–C) groups is 1. The summed E-state index contributed by atoms with van der Waals surface area (Å²) in [5, 5.41) is 6.74. The highest BCUT2D eigenvalue weighted by atomic mass is 127. The van der Waals surface area contributed by atoms with Gasteiger partial charge >= 0.3 is 0 Å². The number of nitrogens with one attached hydrogen (secondary N) is 2. The molecule has 0 saturated carbocycles. The van der Waals surface area contributed by atoms with Gasteiger partial charge in [0.15, 0.2) is 5.96 Å². The van der Waals surface area contributed by atoms with Crippen molar-refractivity contribution >= 4 is 29.9 Å². The topological polar surface area (TPSA) is 48.9 Å². The Morgan fingerprint density at radius 3 is 2.61 bits per heavy atom. The summed E-state index contributed by atoms with van der Waals surface area (Å²) in [4.78, 5) is 6.47. The van der Waals surface area contributed by atoms with E-state index < -0.39 is 0 Å². The molecule has 23 heavy (non-hydrogen) atoms. The van der Waals surface area contributed by atoms with Crippen LogP contribution in [0.2, 0.25) is 0 Å². The van der Waals surface area contributed by atoms with Crippen LogP contribution in [0.4, 0.5) is 0 Å². The number of ether oxygens (including phenoxy) is 1. The molecule has 0 saturated heterocycles. The van der Waals surface area contributed by atoms with Crippen molar-refractivity contribution in [1.82, 2.24) is 15.5 Å². The van der Waals surface area contributed by atoms with E-state index in [0.717, 1.165) is 31.2 Å². The maximum absolute atomic E-state index is 5.32. The molecule has 0 aliphatic carbocycles. The van der Waals surface area contributed by atoms with Gasteiger partial charge in [-0.15, -0.1) is 24.0 Å². The molecule has 0 aliphatic heterocycles.